The number of methoxy groups -OCH3 is 1. The lowest BCUT2D eigenvalue weighted by atomic mass is 9.84. The molecule has 5 N–H and O–H groups in total. The molecule has 0 aliphatic carbocycles. The standard InChI is InChI=1S/C25H29NO9/c1-33-23-18(28)14(10-26-8-7-13(9-26)12-5-3-2-4-6-12)16-17(20(23)30)22-24(35-25(16)32)21(31)19(29)15(11-27)34-22/h2-6,13,15,19,21-22,24,27-31H,7-11H2,1H3/t13-,15-,19-,21+,22+,24-/m1/s1. The molecule has 188 valence electrons. The van der Waals surface area contributed by atoms with Gasteiger partial charge in [-0.2, -0.15) is 0 Å². The van der Waals surface area contributed by atoms with E-state index in [1.54, 1.807) is 0 Å². The van der Waals surface area contributed by atoms with Crippen molar-refractivity contribution in [3.05, 3.63) is 52.6 Å². The Balaban J connectivity index is 1.54. The molecule has 0 amide bonds. The van der Waals surface area contributed by atoms with E-state index in [0.717, 1.165) is 13.0 Å². The number of hydrogen-bond acceptors (Lipinski definition) is 10. The summed E-state index contributed by atoms with van der Waals surface area (Å²) in [5.74, 6) is -1.68. The second-order valence-electron chi connectivity index (χ2n) is 9.26. The number of rotatable bonds is 5. The fraction of sp³-hybridized carbons (Fsp3) is 0.480. The Morgan fingerprint density at radius 1 is 1.11 bits per heavy atom. The van der Waals surface area contributed by atoms with Crippen molar-refractivity contribution in [1.29, 1.82) is 0 Å². The van der Waals surface area contributed by atoms with Crippen LogP contribution in [0.1, 0.15) is 45.5 Å². The summed E-state index contributed by atoms with van der Waals surface area (Å²) < 4.78 is 16.5. The topological polar surface area (TPSA) is 149 Å². The summed E-state index contributed by atoms with van der Waals surface area (Å²) in [4.78, 5) is 15.2. The summed E-state index contributed by atoms with van der Waals surface area (Å²) in [5, 5.41) is 52.3. The maximum Gasteiger partial charge on any atom is 0.339 e. The van der Waals surface area contributed by atoms with E-state index in [1.807, 2.05) is 18.2 Å². The Hall–Kier alpha value is -2.89. The average molecular weight is 488 g/mol. The number of esters is 1. The van der Waals surface area contributed by atoms with Gasteiger partial charge in [0.05, 0.1) is 19.3 Å². The molecule has 10 nitrogen and oxygen atoms in total. The molecule has 0 spiro atoms. The number of fused-ring (bicyclic) bond motifs is 3. The molecule has 2 aromatic carbocycles. The average Bonchev–Trinajstić information content (AvgIpc) is 3.33. The molecule has 6 atom stereocenters. The smallest absolute Gasteiger partial charge is 0.339 e. The molecule has 2 aromatic rings. The first kappa shape index (κ1) is 23.8. The van der Waals surface area contributed by atoms with E-state index in [4.69, 9.17) is 14.2 Å². The van der Waals surface area contributed by atoms with Crippen molar-refractivity contribution in [3.63, 3.8) is 0 Å². The van der Waals surface area contributed by atoms with Crippen molar-refractivity contribution >= 4 is 5.97 Å². The number of aromatic hydroxyl groups is 2. The molecule has 0 saturated carbocycles. The second-order valence-corrected chi connectivity index (χ2v) is 9.26. The summed E-state index contributed by atoms with van der Waals surface area (Å²) in [6, 6.07) is 10.1. The molecular formula is C25H29NO9. The predicted octanol–water partition coefficient (Wildman–Crippen LogP) is 0.789. The highest BCUT2D eigenvalue weighted by atomic mass is 16.6. The highest BCUT2D eigenvalue weighted by Crippen LogP contribution is 2.52. The van der Waals surface area contributed by atoms with Gasteiger partial charge in [-0.05, 0) is 24.4 Å². The fourth-order valence-corrected chi connectivity index (χ4v) is 5.46. The lowest BCUT2D eigenvalue weighted by molar-refractivity contribution is -0.235. The van der Waals surface area contributed by atoms with Crippen LogP contribution in [0.25, 0.3) is 0 Å². The van der Waals surface area contributed by atoms with Crippen molar-refractivity contribution < 1.29 is 44.5 Å². The van der Waals surface area contributed by atoms with Gasteiger partial charge in [0.25, 0.3) is 0 Å². The molecule has 0 aromatic heterocycles. The van der Waals surface area contributed by atoms with Crippen LogP contribution in [0.15, 0.2) is 30.3 Å². The highest BCUT2D eigenvalue weighted by Gasteiger charge is 2.53. The molecule has 0 unspecified atom stereocenters. The first-order valence-corrected chi connectivity index (χ1v) is 11.6. The minimum atomic E-state index is -1.55. The molecule has 3 aliphatic heterocycles. The van der Waals surface area contributed by atoms with E-state index >= 15 is 0 Å². The molecule has 0 bridgehead atoms. The molecule has 2 saturated heterocycles. The molecule has 0 radical (unpaired) electrons. The summed E-state index contributed by atoms with van der Waals surface area (Å²) in [6.45, 7) is 1.03. The number of carbonyl (C=O) groups excluding carboxylic acids is 1. The van der Waals surface area contributed by atoms with Crippen LogP contribution in [0.4, 0.5) is 0 Å². The zero-order valence-corrected chi connectivity index (χ0v) is 19.2. The zero-order valence-electron chi connectivity index (χ0n) is 19.2. The van der Waals surface area contributed by atoms with Crippen molar-refractivity contribution in [2.45, 2.75) is 49.4 Å². The number of benzene rings is 2. The maximum atomic E-state index is 13.1. The number of aliphatic hydroxyl groups excluding tert-OH is 3. The van der Waals surface area contributed by atoms with Crippen molar-refractivity contribution in [1.82, 2.24) is 4.90 Å². The van der Waals surface area contributed by atoms with Gasteiger partial charge in [-0.1, -0.05) is 30.3 Å². The number of phenolic OH excluding ortho intramolecular Hbond substituents is 2. The number of aliphatic hydroxyl groups is 3. The van der Waals surface area contributed by atoms with Gasteiger partial charge < -0.3 is 39.7 Å². The van der Waals surface area contributed by atoms with Gasteiger partial charge in [0.15, 0.2) is 17.6 Å². The molecule has 3 aliphatic rings. The van der Waals surface area contributed by atoms with Crippen LogP contribution in [-0.2, 0) is 16.0 Å². The Morgan fingerprint density at radius 2 is 1.86 bits per heavy atom. The number of carbonyl (C=O) groups is 1. The number of likely N-dealkylation sites (tertiary alicyclic amines) is 1. The van der Waals surface area contributed by atoms with Gasteiger partial charge in [0.1, 0.15) is 24.4 Å². The molecule has 35 heavy (non-hydrogen) atoms. The van der Waals surface area contributed by atoms with Crippen molar-refractivity contribution in [2.75, 3.05) is 26.8 Å². The molecule has 10 heteroatoms. The predicted molar refractivity (Wildman–Crippen MR) is 121 cm³/mol. The third-order valence-corrected chi connectivity index (χ3v) is 7.27. The van der Waals surface area contributed by atoms with E-state index in [9.17, 15) is 30.3 Å². The van der Waals surface area contributed by atoms with Gasteiger partial charge in [-0.25, -0.2) is 4.79 Å². The highest BCUT2D eigenvalue weighted by molar-refractivity contribution is 5.97. The van der Waals surface area contributed by atoms with E-state index in [0.29, 0.717) is 12.5 Å². The van der Waals surface area contributed by atoms with Gasteiger partial charge in [0, 0.05) is 24.2 Å². The number of ether oxygens (including phenoxy) is 3. The van der Waals surface area contributed by atoms with Crippen LogP contribution >= 0.6 is 0 Å². The van der Waals surface area contributed by atoms with Crippen molar-refractivity contribution in [3.8, 4) is 17.2 Å². The van der Waals surface area contributed by atoms with Crippen LogP contribution in [0.2, 0.25) is 0 Å². The number of nitrogens with zero attached hydrogens (tertiary/aromatic N) is 1. The van der Waals surface area contributed by atoms with E-state index in [2.05, 4.69) is 17.0 Å². The lowest BCUT2D eigenvalue weighted by Gasteiger charge is -2.45. The fourth-order valence-electron chi connectivity index (χ4n) is 5.46. The van der Waals surface area contributed by atoms with Gasteiger partial charge >= 0.3 is 5.97 Å². The summed E-state index contributed by atoms with van der Waals surface area (Å²) in [6.07, 6.45) is -5.78. The summed E-state index contributed by atoms with van der Waals surface area (Å²) in [5.41, 5.74) is 1.37. The van der Waals surface area contributed by atoms with Crippen LogP contribution in [0, 0.1) is 0 Å². The van der Waals surface area contributed by atoms with Gasteiger partial charge in [0.2, 0.25) is 5.75 Å². The first-order chi connectivity index (χ1) is 16.8. The maximum absolute atomic E-state index is 13.1. The second kappa shape index (κ2) is 9.29. The summed E-state index contributed by atoms with van der Waals surface area (Å²) >= 11 is 0. The van der Waals surface area contributed by atoms with E-state index in [-0.39, 0.29) is 34.7 Å². The van der Waals surface area contributed by atoms with Gasteiger partial charge in [-0.15, -0.1) is 0 Å². The molecule has 2 fully saturated rings. The quantitative estimate of drug-likeness (QED) is 0.383. The zero-order chi connectivity index (χ0) is 24.9. The minimum absolute atomic E-state index is 0.000827. The Morgan fingerprint density at radius 3 is 2.54 bits per heavy atom. The van der Waals surface area contributed by atoms with Crippen LogP contribution < -0.4 is 4.74 Å². The van der Waals surface area contributed by atoms with E-state index < -0.39 is 48.8 Å². The Labute approximate surface area is 201 Å². The van der Waals surface area contributed by atoms with Crippen LogP contribution in [-0.4, -0.2) is 87.6 Å². The van der Waals surface area contributed by atoms with Crippen molar-refractivity contribution in [2.24, 2.45) is 0 Å². The summed E-state index contributed by atoms with van der Waals surface area (Å²) in [7, 11) is 1.28. The number of phenols is 2. The first-order valence-electron chi connectivity index (χ1n) is 11.6. The lowest BCUT2D eigenvalue weighted by Crippen LogP contribution is -2.58. The number of hydrogen-bond donors (Lipinski definition) is 5. The Kier molecular flexibility index (Phi) is 6.32. The van der Waals surface area contributed by atoms with Gasteiger partial charge in [-0.3, -0.25) is 4.90 Å². The van der Waals surface area contributed by atoms with E-state index in [1.165, 1.54) is 12.7 Å². The largest absolute Gasteiger partial charge is 0.504 e. The SMILES string of the molecule is COc1c(O)c(CN2CC[C@@H](c3ccccc3)C2)c2c(c1O)[C@@H]1O[C@H](CO)[C@@H](O)[C@H](O)[C@H]1OC2=O. The third-order valence-electron chi connectivity index (χ3n) is 7.27. The monoisotopic (exact) mass is 487 g/mol. The molecular weight excluding hydrogens is 458 g/mol. The Bertz CT molecular complexity index is 1110. The molecule has 3 heterocycles. The van der Waals surface area contributed by atoms with Crippen LogP contribution in [0.5, 0.6) is 17.2 Å². The third kappa shape index (κ3) is 3.91. The normalized spacial score (nSPS) is 30.5. The van der Waals surface area contributed by atoms with Crippen LogP contribution in [0.3, 0.4) is 0 Å². The minimum Gasteiger partial charge on any atom is -0.504 e. The molecule has 5 rings (SSSR count).